The Hall–Kier alpha value is -2.16. The summed E-state index contributed by atoms with van der Waals surface area (Å²) in [6.07, 6.45) is -25.8. The SMILES string of the molecule is COC(=O)[C@]1(C)CC[C@]2(C(=O)O[C@@H]3O[C@H](CO)[C@@H](O)[C@H](O)[C@H]3O)CC[C@]3(C)C(=CC[C@@H]4[C@@]5(C)CC[C@H](O[C@@H]6O[C@H](CO)[C@@H](O)[C@H](O)[C@H]6O[C@@H]6OC[C@@H](O)[C@H](O[C@@H]7O[C@H](CO)[C@@H](O)[C@H](O)[C@H]7O)[C@H]6O)[C@@](C)(CO)[C@@H]5CC[C@]43C)[C@@H]2C1. The van der Waals surface area contributed by atoms with Gasteiger partial charge in [0.25, 0.3) is 0 Å². The van der Waals surface area contributed by atoms with Gasteiger partial charge in [0, 0.05) is 5.41 Å². The van der Waals surface area contributed by atoms with Crippen molar-refractivity contribution in [3.8, 4) is 0 Å². The fraction of sp³-hybridized carbons (Fsp3) is 0.926. The number of hydrogen-bond donors (Lipinski definition) is 14. The topological polar surface area (TPSA) is 400 Å². The van der Waals surface area contributed by atoms with Crippen molar-refractivity contribution in [1.29, 1.82) is 0 Å². The Balaban J connectivity index is 0.965. The van der Waals surface area contributed by atoms with Gasteiger partial charge in [-0.2, -0.15) is 0 Å². The maximum Gasteiger partial charge on any atom is 0.315 e. The molecule has 4 aliphatic heterocycles. The van der Waals surface area contributed by atoms with Gasteiger partial charge in [-0.3, -0.25) is 9.59 Å². The van der Waals surface area contributed by atoms with Gasteiger partial charge in [-0.15, -0.1) is 0 Å². The maximum atomic E-state index is 14.9. The van der Waals surface area contributed by atoms with E-state index in [9.17, 15) is 81.1 Å². The molecule has 25 heteroatoms. The number of carbonyl (C=O) groups excluding carboxylic acids is 2. The number of allylic oxidation sites excluding steroid dienone is 2. The predicted molar refractivity (Wildman–Crippen MR) is 265 cm³/mol. The molecule has 9 aliphatic rings. The molecule has 0 radical (unpaired) electrons. The van der Waals surface area contributed by atoms with Crippen LogP contribution in [0.1, 0.15) is 98.8 Å². The van der Waals surface area contributed by atoms with Gasteiger partial charge in [-0.1, -0.05) is 39.3 Å². The monoisotopic (exact) mass is 1130 g/mol. The number of aliphatic hydroxyl groups excluding tert-OH is 14. The molecule has 5 aliphatic carbocycles. The number of fused-ring (bicyclic) bond motifs is 7. The molecule has 0 amide bonds. The molecule has 0 bridgehead atoms. The average Bonchev–Trinajstić information content (AvgIpc) is 3.57. The van der Waals surface area contributed by atoms with Gasteiger partial charge in [-0.25, -0.2) is 0 Å². The molecule has 4 saturated heterocycles. The number of aliphatic hydroxyl groups is 14. The van der Waals surface area contributed by atoms with Crippen molar-refractivity contribution in [1.82, 2.24) is 0 Å². The van der Waals surface area contributed by atoms with Gasteiger partial charge in [0.15, 0.2) is 18.9 Å². The summed E-state index contributed by atoms with van der Waals surface area (Å²) >= 11 is 0. The average molecular weight is 1140 g/mol. The molecule has 0 aromatic rings. The molecule has 0 spiro atoms. The zero-order chi connectivity index (χ0) is 57.7. The van der Waals surface area contributed by atoms with Gasteiger partial charge in [-0.05, 0) is 105 Å². The summed E-state index contributed by atoms with van der Waals surface area (Å²) in [5, 5.41) is 150. The van der Waals surface area contributed by atoms with Crippen molar-refractivity contribution in [3.63, 3.8) is 0 Å². The van der Waals surface area contributed by atoms with E-state index in [1.165, 1.54) is 7.11 Å². The van der Waals surface area contributed by atoms with Crippen LogP contribution < -0.4 is 0 Å². The molecule has 4 heterocycles. The van der Waals surface area contributed by atoms with Crippen LogP contribution in [0.4, 0.5) is 0 Å². The lowest BCUT2D eigenvalue weighted by molar-refractivity contribution is -0.383. The van der Waals surface area contributed by atoms with Crippen LogP contribution in [0.15, 0.2) is 11.6 Å². The van der Waals surface area contributed by atoms with Gasteiger partial charge >= 0.3 is 11.9 Å². The number of hydrogen-bond acceptors (Lipinski definition) is 25. The van der Waals surface area contributed by atoms with E-state index in [0.29, 0.717) is 51.4 Å². The molecule has 0 aromatic carbocycles. The van der Waals surface area contributed by atoms with Gasteiger partial charge in [0.1, 0.15) is 91.6 Å². The van der Waals surface area contributed by atoms with Crippen LogP contribution in [-0.4, -0.2) is 246 Å². The number of rotatable bonds is 13. The van der Waals surface area contributed by atoms with E-state index in [0.717, 1.165) is 5.57 Å². The third-order valence-electron chi connectivity index (χ3n) is 21.6. The van der Waals surface area contributed by atoms with Crippen LogP contribution in [0.2, 0.25) is 0 Å². The predicted octanol–water partition coefficient (Wildman–Crippen LogP) is -3.27. The van der Waals surface area contributed by atoms with E-state index in [4.69, 9.17) is 42.6 Å². The quantitative estimate of drug-likeness (QED) is 0.0489. The largest absolute Gasteiger partial charge is 0.469 e. The molecule has 0 unspecified atom stereocenters. The minimum Gasteiger partial charge on any atom is -0.469 e. The summed E-state index contributed by atoms with van der Waals surface area (Å²) in [5.74, 6) is -1.78. The highest BCUT2D eigenvalue weighted by Gasteiger charge is 2.71. The second-order valence-electron chi connectivity index (χ2n) is 25.6. The van der Waals surface area contributed by atoms with Crippen molar-refractivity contribution in [3.05, 3.63) is 11.6 Å². The summed E-state index contributed by atoms with van der Waals surface area (Å²) in [5.41, 5.74) is -3.49. The smallest absolute Gasteiger partial charge is 0.315 e. The summed E-state index contributed by atoms with van der Waals surface area (Å²) in [6, 6.07) is 0. The summed E-state index contributed by atoms with van der Waals surface area (Å²) < 4.78 is 52.9. The maximum absolute atomic E-state index is 14.9. The Labute approximate surface area is 458 Å². The highest BCUT2D eigenvalue weighted by atomic mass is 16.8. The molecular formula is C54H86O25. The number of ether oxygens (including phenoxy) is 9. The summed E-state index contributed by atoms with van der Waals surface area (Å²) in [6.45, 7) is 7.45. The first-order chi connectivity index (χ1) is 37.2. The molecular weight excluding hydrogens is 1050 g/mol. The second-order valence-corrected chi connectivity index (χ2v) is 25.6. The second kappa shape index (κ2) is 22.7. The zero-order valence-corrected chi connectivity index (χ0v) is 45.7. The summed E-state index contributed by atoms with van der Waals surface area (Å²) in [4.78, 5) is 28.5. The first-order valence-electron chi connectivity index (χ1n) is 28.0. The highest BCUT2D eigenvalue weighted by Crippen LogP contribution is 2.76. The van der Waals surface area contributed by atoms with Crippen LogP contribution in [0, 0.1) is 50.2 Å². The normalized spacial score (nSPS) is 53.8. The third kappa shape index (κ3) is 9.85. The molecule has 9 rings (SSSR count). The van der Waals surface area contributed by atoms with Crippen LogP contribution >= 0.6 is 0 Å². The minimum absolute atomic E-state index is 0.0136. The zero-order valence-electron chi connectivity index (χ0n) is 45.7. The first kappa shape index (κ1) is 61.4. The molecule has 0 aromatic heterocycles. The number of methoxy groups -OCH3 is 1. The van der Waals surface area contributed by atoms with Crippen molar-refractivity contribution in [2.75, 3.05) is 40.1 Å². The summed E-state index contributed by atoms with van der Waals surface area (Å²) in [7, 11) is 1.34. The van der Waals surface area contributed by atoms with Crippen LogP contribution in [0.25, 0.3) is 0 Å². The van der Waals surface area contributed by atoms with E-state index in [1.54, 1.807) is 0 Å². The van der Waals surface area contributed by atoms with Crippen molar-refractivity contribution in [2.24, 2.45) is 50.2 Å². The van der Waals surface area contributed by atoms with E-state index >= 15 is 0 Å². The van der Waals surface area contributed by atoms with Crippen molar-refractivity contribution in [2.45, 2.75) is 222 Å². The van der Waals surface area contributed by atoms with Crippen molar-refractivity contribution >= 4 is 11.9 Å². The molecule has 4 saturated carbocycles. The Bertz CT molecular complexity index is 2200. The molecule has 79 heavy (non-hydrogen) atoms. The standard InChI is InChI=1S/C54H86O25/c1-49(47(69)71-6)13-15-54(48(70)79-45-39(67)36(64)33(61)27(19-56)74-45)16-14-52(4)23(24(54)17-49)7-8-30-50(2)11-10-31(51(3,22-58)29(50)9-12-53(30,52)5)76-46-42(37(65)34(62)28(20-57)75-46)78-43-40(68)41(25(59)21-72-43)77-44-38(66)35(63)32(60)26(18-55)73-44/h7,24-46,55-68H,8-22H2,1-6H3/t24-,25+,26+,27+,28+,29+,30+,31-,32+,33+,34+,35-,36-,37-,38+,39+,40+,41-,42+,43-,44-,45-,46-,49+,50-,51-,52+,53+,54-/m0/s1. The van der Waals surface area contributed by atoms with E-state index < -0.39 is 200 Å². The molecule has 29 atom stereocenters. The van der Waals surface area contributed by atoms with Gasteiger partial charge in [0.05, 0.1) is 57.1 Å². The number of carbonyl (C=O) groups is 2. The van der Waals surface area contributed by atoms with E-state index in [2.05, 4.69) is 26.8 Å². The fourth-order valence-electron chi connectivity index (χ4n) is 16.5. The van der Waals surface area contributed by atoms with Crippen LogP contribution in [0.3, 0.4) is 0 Å². The Morgan fingerprint density at radius 1 is 0.582 bits per heavy atom. The molecule has 452 valence electrons. The van der Waals surface area contributed by atoms with Gasteiger partial charge in [0.2, 0.25) is 6.29 Å². The first-order valence-corrected chi connectivity index (χ1v) is 28.0. The minimum atomic E-state index is -1.90. The number of esters is 2. The van der Waals surface area contributed by atoms with E-state index in [-0.39, 0.29) is 31.3 Å². The molecule has 8 fully saturated rings. The third-order valence-corrected chi connectivity index (χ3v) is 21.6. The highest BCUT2D eigenvalue weighted by molar-refractivity contribution is 5.81. The lowest BCUT2D eigenvalue weighted by Gasteiger charge is -2.71. The molecule has 25 nitrogen and oxygen atoms in total. The molecule has 14 N–H and O–H groups in total. The van der Waals surface area contributed by atoms with E-state index in [1.807, 2.05) is 13.8 Å². The van der Waals surface area contributed by atoms with Crippen molar-refractivity contribution < 1.29 is 124 Å². The Morgan fingerprint density at radius 3 is 1.76 bits per heavy atom. The lowest BCUT2D eigenvalue weighted by atomic mass is 9.33. The van der Waals surface area contributed by atoms with Crippen LogP contribution in [0.5, 0.6) is 0 Å². The Kier molecular flexibility index (Phi) is 17.6. The van der Waals surface area contributed by atoms with Crippen LogP contribution in [-0.2, 0) is 52.2 Å². The van der Waals surface area contributed by atoms with Gasteiger partial charge < -0.3 is 114 Å². The lowest BCUT2D eigenvalue weighted by Crippen LogP contribution is -2.68. The Morgan fingerprint density at radius 2 is 1.15 bits per heavy atom. The fourth-order valence-corrected chi connectivity index (χ4v) is 16.5.